The largest absolute Gasteiger partial charge is 0.487 e. The van der Waals surface area contributed by atoms with Crippen LogP contribution in [0.15, 0.2) is 64.2 Å². The second-order valence-corrected chi connectivity index (χ2v) is 8.50. The zero-order chi connectivity index (χ0) is 18.7. The van der Waals surface area contributed by atoms with E-state index in [4.69, 9.17) is 9.47 Å². The fourth-order valence-electron chi connectivity index (χ4n) is 2.25. The van der Waals surface area contributed by atoms with Gasteiger partial charge in [0.15, 0.2) is 5.70 Å². The van der Waals surface area contributed by atoms with Gasteiger partial charge in [-0.1, -0.05) is 34.7 Å². The lowest BCUT2D eigenvalue weighted by atomic mass is 10.2. The van der Waals surface area contributed by atoms with Gasteiger partial charge in [0.05, 0.1) is 7.14 Å². The van der Waals surface area contributed by atoms with Crippen molar-refractivity contribution in [2.24, 2.45) is 4.99 Å². The van der Waals surface area contributed by atoms with Gasteiger partial charge >= 0.3 is 5.97 Å². The van der Waals surface area contributed by atoms with Crippen LogP contribution in [0.2, 0.25) is 0 Å². The molecule has 0 saturated heterocycles. The summed E-state index contributed by atoms with van der Waals surface area (Å²) in [6.07, 6.45) is 3.42. The molecule has 0 aromatic heterocycles. The Labute approximate surface area is 186 Å². The van der Waals surface area contributed by atoms with Gasteiger partial charge in [0.1, 0.15) is 12.4 Å². The van der Waals surface area contributed by atoms with Crippen LogP contribution in [0.1, 0.15) is 11.1 Å². The Hall–Kier alpha value is -1.20. The number of carbonyl (C=O) groups is 1. The number of aliphatic imine (C=N–C) groups is 1. The monoisotopic (exact) mass is 635 g/mol. The maximum absolute atomic E-state index is 12.2. The Bertz CT molecular complexity index is 931. The van der Waals surface area contributed by atoms with E-state index in [0.29, 0.717) is 12.5 Å². The Balaban J connectivity index is 1.92. The summed E-state index contributed by atoms with van der Waals surface area (Å²) in [5, 5.41) is 0. The predicted octanol–water partition coefficient (Wildman–Crippen LogP) is 5.57. The number of nitrogens with zero attached hydrogens (tertiary/aromatic N) is 1. The molecule has 2 aromatic rings. The lowest BCUT2D eigenvalue weighted by Gasteiger charge is -2.09. The van der Waals surface area contributed by atoms with E-state index in [9.17, 15) is 4.79 Å². The highest BCUT2D eigenvalue weighted by Gasteiger charge is 2.24. The molecule has 7 heteroatoms. The highest BCUT2D eigenvalue weighted by molar-refractivity contribution is 14.1. The molecule has 0 spiro atoms. The highest BCUT2D eigenvalue weighted by Crippen LogP contribution is 2.30. The standard InChI is InChI=1S/C19H12BrI2NO3/c1-2-6-25-17-14(21)7-11(8-15(17)22)9-16-19(24)26-18(23-16)12-4-3-5-13(20)10-12/h2-5,7-10H,1,6H2/b16-9-. The number of halogens is 3. The van der Waals surface area contributed by atoms with Crippen molar-refractivity contribution < 1.29 is 14.3 Å². The van der Waals surface area contributed by atoms with Crippen LogP contribution in [0, 0.1) is 7.14 Å². The smallest absolute Gasteiger partial charge is 0.363 e. The summed E-state index contributed by atoms with van der Waals surface area (Å²) in [5.74, 6) is 0.649. The third-order valence-corrected chi connectivity index (χ3v) is 5.46. The van der Waals surface area contributed by atoms with Crippen LogP contribution >= 0.6 is 61.1 Å². The predicted molar refractivity (Wildman–Crippen MR) is 122 cm³/mol. The summed E-state index contributed by atoms with van der Waals surface area (Å²) in [4.78, 5) is 16.5. The molecule has 0 atom stereocenters. The maximum atomic E-state index is 12.2. The Kier molecular flexibility index (Phi) is 6.51. The Morgan fingerprint density at radius 3 is 2.62 bits per heavy atom. The average molecular weight is 636 g/mol. The summed E-state index contributed by atoms with van der Waals surface area (Å²) in [6.45, 7) is 4.10. The normalized spacial score (nSPS) is 15.0. The van der Waals surface area contributed by atoms with E-state index in [0.717, 1.165) is 28.5 Å². The zero-order valence-electron chi connectivity index (χ0n) is 13.3. The third kappa shape index (κ3) is 4.55. The first-order valence-corrected chi connectivity index (χ1v) is 10.4. The number of ether oxygens (including phenoxy) is 2. The molecule has 132 valence electrons. The summed E-state index contributed by atoms with van der Waals surface area (Å²) in [5.41, 5.74) is 1.87. The van der Waals surface area contributed by atoms with Crippen LogP contribution in [0.25, 0.3) is 6.08 Å². The Morgan fingerprint density at radius 2 is 1.96 bits per heavy atom. The lowest BCUT2D eigenvalue weighted by molar-refractivity contribution is -0.129. The molecule has 0 saturated carbocycles. The summed E-state index contributed by atoms with van der Waals surface area (Å²) in [7, 11) is 0. The Morgan fingerprint density at radius 1 is 1.23 bits per heavy atom. The van der Waals surface area contributed by atoms with Crippen molar-refractivity contribution in [3.63, 3.8) is 0 Å². The van der Waals surface area contributed by atoms with Crippen LogP contribution in [-0.4, -0.2) is 18.5 Å². The topological polar surface area (TPSA) is 47.9 Å². The summed E-state index contributed by atoms with van der Waals surface area (Å²) >= 11 is 7.82. The van der Waals surface area contributed by atoms with Crippen molar-refractivity contribution in [1.29, 1.82) is 0 Å². The molecule has 0 N–H and O–H groups in total. The quantitative estimate of drug-likeness (QED) is 0.187. The van der Waals surface area contributed by atoms with Gasteiger partial charge in [-0.2, -0.15) is 0 Å². The number of hydrogen-bond acceptors (Lipinski definition) is 4. The highest BCUT2D eigenvalue weighted by atomic mass is 127. The van der Waals surface area contributed by atoms with Crippen LogP contribution in [0.4, 0.5) is 0 Å². The van der Waals surface area contributed by atoms with E-state index >= 15 is 0 Å². The summed E-state index contributed by atoms with van der Waals surface area (Å²) < 4.78 is 13.8. The first kappa shape index (κ1) is 19.6. The number of hydrogen-bond donors (Lipinski definition) is 0. The minimum Gasteiger partial charge on any atom is -0.487 e. The van der Waals surface area contributed by atoms with E-state index in [-0.39, 0.29) is 5.70 Å². The second kappa shape index (κ2) is 8.66. The van der Waals surface area contributed by atoms with Gasteiger partial charge in [-0.15, -0.1) is 0 Å². The van der Waals surface area contributed by atoms with Crippen LogP contribution < -0.4 is 4.74 Å². The van der Waals surface area contributed by atoms with Crippen LogP contribution in [0.3, 0.4) is 0 Å². The first-order chi connectivity index (χ1) is 12.5. The lowest BCUT2D eigenvalue weighted by Crippen LogP contribution is -2.05. The van der Waals surface area contributed by atoms with Gasteiger partial charge < -0.3 is 9.47 Å². The third-order valence-electron chi connectivity index (χ3n) is 3.36. The average Bonchev–Trinajstić information content (AvgIpc) is 2.95. The van der Waals surface area contributed by atoms with Crippen molar-refractivity contribution in [3.05, 3.63) is 77.5 Å². The van der Waals surface area contributed by atoms with Crippen molar-refractivity contribution in [1.82, 2.24) is 0 Å². The minimum atomic E-state index is -0.461. The van der Waals surface area contributed by atoms with Crippen molar-refractivity contribution >= 4 is 79.1 Å². The molecule has 0 amide bonds. The molecular weight excluding hydrogens is 624 g/mol. The molecule has 1 aliphatic rings. The van der Waals surface area contributed by atoms with Gasteiger partial charge in [0, 0.05) is 10.0 Å². The molecule has 0 aliphatic carbocycles. The number of esters is 1. The second-order valence-electron chi connectivity index (χ2n) is 5.26. The van der Waals surface area contributed by atoms with Gasteiger partial charge in [-0.3, -0.25) is 0 Å². The van der Waals surface area contributed by atoms with Gasteiger partial charge in [0.2, 0.25) is 5.90 Å². The van der Waals surface area contributed by atoms with Crippen LogP contribution in [-0.2, 0) is 9.53 Å². The zero-order valence-corrected chi connectivity index (χ0v) is 19.2. The molecule has 4 nitrogen and oxygen atoms in total. The molecule has 26 heavy (non-hydrogen) atoms. The van der Waals surface area contributed by atoms with E-state index in [1.807, 2.05) is 36.4 Å². The van der Waals surface area contributed by atoms with Crippen molar-refractivity contribution in [2.45, 2.75) is 0 Å². The molecule has 0 bridgehead atoms. The molecule has 1 aliphatic heterocycles. The maximum Gasteiger partial charge on any atom is 0.363 e. The molecular formula is C19H12BrI2NO3. The van der Waals surface area contributed by atoms with Gasteiger partial charge in [-0.25, -0.2) is 9.79 Å². The molecule has 0 unspecified atom stereocenters. The molecule has 1 heterocycles. The SMILES string of the molecule is C=CCOc1c(I)cc(/C=C2\N=C(c3cccc(Br)c3)OC2=O)cc1I. The fourth-order valence-corrected chi connectivity index (χ4v) is 4.78. The first-order valence-electron chi connectivity index (χ1n) is 7.49. The van der Waals surface area contributed by atoms with Crippen molar-refractivity contribution in [3.8, 4) is 5.75 Å². The molecule has 2 aromatic carbocycles. The van der Waals surface area contributed by atoms with Gasteiger partial charge in [-0.05, 0) is 87.2 Å². The number of benzene rings is 2. The van der Waals surface area contributed by atoms with E-state index in [1.54, 1.807) is 12.2 Å². The van der Waals surface area contributed by atoms with Crippen molar-refractivity contribution in [2.75, 3.05) is 6.61 Å². The summed E-state index contributed by atoms with van der Waals surface area (Å²) in [6, 6.07) is 11.3. The van der Waals surface area contributed by atoms with E-state index in [1.165, 1.54) is 0 Å². The van der Waals surface area contributed by atoms with Crippen LogP contribution in [0.5, 0.6) is 5.75 Å². The minimum absolute atomic E-state index is 0.270. The fraction of sp³-hybridized carbons (Fsp3) is 0.0526. The van der Waals surface area contributed by atoms with E-state index in [2.05, 4.69) is 72.7 Å². The molecule has 0 fully saturated rings. The van der Waals surface area contributed by atoms with E-state index < -0.39 is 5.97 Å². The number of cyclic esters (lactones) is 1. The molecule has 3 rings (SSSR count). The number of carbonyl (C=O) groups excluding carboxylic acids is 1. The van der Waals surface area contributed by atoms with Gasteiger partial charge in [0.25, 0.3) is 0 Å². The number of rotatable bonds is 5. The molecule has 0 radical (unpaired) electrons.